The van der Waals surface area contributed by atoms with Crippen molar-refractivity contribution in [2.75, 3.05) is 0 Å². The van der Waals surface area contributed by atoms with Gasteiger partial charge in [-0.15, -0.1) is 0 Å². The minimum absolute atomic E-state index is 0.0642. The van der Waals surface area contributed by atoms with Gasteiger partial charge < -0.3 is 20.4 Å². The van der Waals surface area contributed by atoms with Gasteiger partial charge in [0.1, 0.15) is 5.75 Å². The second kappa shape index (κ2) is 5.83. The summed E-state index contributed by atoms with van der Waals surface area (Å²) >= 11 is 0. The van der Waals surface area contributed by atoms with E-state index in [0.717, 1.165) is 12.1 Å². The molecule has 0 radical (unpaired) electrons. The Kier molecular flexibility index (Phi) is 3.94. The molecule has 108 valence electrons. The predicted octanol–water partition coefficient (Wildman–Crippen LogP) is 1.27. The van der Waals surface area contributed by atoms with E-state index in [2.05, 4.69) is 10.5 Å². The first kappa shape index (κ1) is 14.2. The van der Waals surface area contributed by atoms with Gasteiger partial charge in [-0.1, -0.05) is 0 Å². The van der Waals surface area contributed by atoms with Crippen LogP contribution in [-0.2, 0) is 0 Å². The van der Waals surface area contributed by atoms with Crippen molar-refractivity contribution in [2.45, 2.75) is 0 Å². The number of phenolic OH excluding ortho intramolecular Hbond substituents is 4. The predicted molar refractivity (Wildman–Crippen MR) is 74.6 cm³/mol. The first-order chi connectivity index (χ1) is 9.97. The van der Waals surface area contributed by atoms with Gasteiger partial charge in [0.15, 0.2) is 17.2 Å². The third-order valence-corrected chi connectivity index (χ3v) is 2.60. The van der Waals surface area contributed by atoms with Crippen LogP contribution in [0.25, 0.3) is 0 Å². The molecule has 0 fully saturated rings. The second-order valence-corrected chi connectivity index (χ2v) is 4.15. The maximum atomic E-state index is 11.7. The number of rotatable bonds is 3. The molecule has 0 aromatic heterocycles. The van der Waals surface area contributed by atoms with Gasteiger partial charge in [-0.3, -0.25) is 4.79 Å². The van der Waals surface area contributed by atoms with Crippen molar-refractivity contribution in [3.8, 4) is 23.0 Å². The Morgan fingerprint density at radius 2 is 1.57 bits per heavy atom. The van der Waals surface area contributed by atoms with E-state index in [9.17, 15) is 20.1 Å². The molecule has 0 heterocycles. The standard InChI is InChI=1S/C14H12N2O5/c17-10-3-1-8(2-4-10)7-15-16-14(21)9-5-11(18)13(20)12(19)6-9/h1-7,17-20H,(H,16,21). The van der Waals surface area contributed by atoms with Gasteiger partial charge in [-0.25, -0.2) is 5.43 Å². The van der Waals surface area contributed by atoms with E-state index in [4.69, 9.17) is 5.11 Å². The van der Waals surface area contributed by atoms with Gasteiger partial charge in [0.2, 0.25) is 0 Å². The quantitative estimate of drug-likeness (QED) is 0.331. The van der Waals surface area contributed by atoms with Crippen molar-refractivity contribution in [1.29, 1.82) is 0 Å². The van der Waals surface area contributed by atoms with E-state index in [-0.39, 0.29) is 11.3 Å². The topological polar surface area (TPSA) is 122 Å². The summed E-state index contributed by atoms with van der Waals surface area (Å²) < 4.78 is 0. The minimum Gasteiger partial charge on any atom is -0.508 e. The highest BCUT2D eigenvalue weighted by Crippen LogP contribution is 2.35. The molecule has 7 heteroatoms. The molecule has 5 N–H and O–H groups in total. The number of hydrazone groups is 1. The fourth-order valence-corrected chi connectivity index (χ4v) is 1.53. The monoisotopic (exact) mass is 288 g/mol. The summed E-state index contributed by atoms with van der Waals surface area (Å²) in [5, 5.41) is 40.6. The lowest BCUT2D eigenvalue weighted by Gasteiger charge is -2.04. The molecular weight excluding hydrogens is 276 g/mol. The molecule has 0 unspecified atom stereocenters. The summed E-state index contributed by atoms with van der Waals surface area (Å²) in [5.41, 5.74) is 2.79. The number of nitrogens with zero attached hydrogens (tertiary/aromatic N) is 1. The highest BCUT2D eigenvalue weighted by molar-refractivity contribution is 5.96. The third-order valence-electron chi connectivity index (χ3n) is 2.60. The molecular formula is C14H12N2O5. The molecule has 0 bridgehead atoms. The van der Waals surface area contributed by atoms with E-state index < -0.39 is 23.2 Å². The van der Waals surface area contributed by atoms with Crippen molar-refractivity contribution in [3.05, 3.63) is 47.5 Å². The average molecular weight is 288 g/mol. The molecule has 1 amide bonds. The Morgan fingerprint density at radius 3 is 2.14 bits per heavy atom. The van der Waals surface area contributed by atoms with E-state index in [1.165, 1.54) is 18.3 Å². The lowest BCUT2D eigenvalue weighted by molar-refractivity contribution is 0.0954. The largest absolute Gasteiger partial charge is 0.508 e. The SMILES string of the molecule is O=C(NN=Cc1ccc(O)cc1)c1cc(O)c(O)c(O)c1. The maximum Gasteiger partial charge on any atom is 0.271 e. The summed E-state index contributed by atoms with van der Waals surface area (Å²) in [5.74, 6) is -2.47. The Labute approximate surface area is 119 Å². The summed E-state index contributed by atoms with van der Waals surface area (Å²) in [6.07, 6.45) is 1.36. The van der Waals surface area contributed by atoms with Crippen LogP contribution in [0.4, 0.5) is 0 Å². The van der Waals surface area contributed by atoms with E-state index >= 15 is 0 Å². The van der Waals surface area contributed by atoms with Crippen molar-refractivity contribution in [3.63, 3.8) is 0 Å². The number of amides is 1. The summed E-state index contributed by atoms with van der Waals surface area (Å²) in [4.78, 5) is 11.7. The van der Waals surface area contributed by atoms with Crippen LogP contribution in [-0.4, -0.2) is 32.5 Å². The van der Waals surface area contributed by atoms with Crippen LogP contribution in [0.5, 0.6) is 23.0 Å². The molecule has 0 aliphatic carbocycles. The summed E-state index contributed by atoms with van der Waals surface area (Å²) in [6.45, 7) is 0. The smallest absolute Gasteiger partial charge is 0.271 e. The van der Waals surface area contributed by atoms with E-state index in [1.807, 2.05) is 0 Å². The van der Waals surface area contributed by atoms with Gasteiger partial charge in [0.25, 0.3) is 5.91 Å². The Morgan fingerprint density at radius 1 is 1.00 bits per heavy atom. The Bertz CT molecular complexity index is 672. The number of phenols is 4. The van der Waals surface area contributed by atoms with Crippen molar-refractivity contribution in [1.82, 2.24) is 5.43 Å². The van der Waals surface area contributed by atoms with Gasteiger partial charge in [0.05, 0.1) is 6.21 Å². The van der Waals surface area contributed by atoms with Crippen molar-refractivity contribution < 1.29 is 25.2 Å². The zero-order chi connectivity index (χ0) is 15.4. The molecule has 2 rings (SSSR count). The lowest BCUT2D eigenvalue weighted by Crippen LogP contribution is -2.17. The number of carbonyl (C=O) groups is 1. The first-order valence-corrected chi connectivity index (χ1v) is 5.85. The van der Waals surface area contributed by atoms with Gasteiger partial charge in [-0.2, -0.15) is 5.10 Å². The highest BCUT2D eigenvalue weighted by atomic mass is 16.3. The first-order valence-electron chi connectivity index (χ1n) is 5.85. The molecule has 0 spiro atoms. The number of hydrogen-bond donors (Lipinski definition) is 5. The molecule has 21 heavy (non-hydrogen) atoms. The Hall–Kier alpha value is -3.22. The normalized spacial score (nSPS) is 10.7. The van der Waals surface area contributed by atoms with Crippen molar-refractivity contribution >= 4 is 12.1 Å². The second-order valence-electron chi connectivity index (χ2n) is 4.15. The van der Waals surface area contributed by atoms with Crippen LogP contribution in [0.3, 0.4) is 0 Å². The molecule has 2 aromatic rings. The minimum atomic E-state index is -0.695. The third kappa shape index (κ3) is 3.41. The van der Waals surface area contributed by atoms with Gasteiger partial charge in [0, 0.05) is 5.56 Å². The van der Waals surface area contributed by atoms with Crippen molar-refractivity contribution in [2.24, 2.45) is 5.10 Å². The number of carbonyl (C=O) groups excluding carboxylic acids is 1. The summed E-state index contributed by atoms with van der Waals surface area (Å²) in [7, 11) is 0. The average Bonchev–Trinajstić information content (AvgIpc) is 2.46. The summed E-state index contributed by atoms with van der Waals surface area (Å²) in [6, 6.07) is 8.14. The molecule has 0 saturated carbocycles. The van der Waals surface area contributed by atoms with Crippen LogP contribution < -0.4 is 5.43 Å². The van der Waals surface area contributed by atoms with E-state index in [0.29, 0.717) is 5.56 Å². The zero-order valence-electron chi connectivity index (χ0n) is 10.7. The fraction of sp³-hybridized carbons (Fsp3) is 0. The molecule has 0 aliphatic rings. The van der Waals surface area contributed by atoms with Gasteiger partial charge >= 0.3 is 0 Å². The molecule has 0 saturated heterocycles. The molecule has 0 aliphatic heterocycles. The maximum absolute atomic E-state index is 11.7. The van der Waals surface area contributed by atoms with E-state index in [1.54, 1.807) is 12.1 Å². The van der Waals surface area contributed by atoms with Crippen LogP contribution in [0, 0.1) is 0 Å². The highest BCUT2D eigenvalue weighted by Gasteiger charge is 2.12. The van der Waals surface area contributed by atoms with Gasteiger partial charge in [-0.05, 0) is 42.0 Å². The zero-order valence-corrected chi connectivity index (χ0v) is 10.7. The van der Waals surface area contributed by atoms with Crippen LogP contribution in [0.2, 0.25) is 0 Å². The number of hydrogen-bond acceptors (Lipinski definition) is 6. The van der Waals surface area contributed by atoms with Crippen LogP contribution in [0.1, 0.15) is 15.9 Å². The van der Waals surface area contributed by atoms with Crippen LogP contribution >= 0.6 is 0 Å². The molecule has 0 atom stereocenters. The number of benzene rings is 2. The fourth-order valence-electron chi connectivity index (χ4n) is 1.53. The molecule has 7 nitrogen and oxygen atoms in total. The molecule has 2 aromatic carbocycles. The Balaban J connectivity index is 2.06. The number of nitrogens with one attached hydrogen (secondary N) is 1. The number of aromatic hydroxyl groups is 4. The lowest BCUT2D eigenvalue weighted by atomic mass is 10.2. The van der Waals surface area contributed by atoms with Crippen LogP contribution in [0.15, 0.2) is 41.5 Å².